The highest BCUT2D eigenvalue weighted by atomic mass is 79.9. The van der Waals surface area contributed by atoms with Gasteiger partial charge in [0.15, 0.2) is 0 Å². The third-order valence-electron chi connectivity index (χ3n) is 2.66. The lowest BCUT2D eigenvalue weighted by molar-refractivity contribution is 0.147. The molecule has 3 N–H and O–H groups in total. The topological polar surface area (TPSA) is 87.4 Å². The molecule has 0 unspecified atom stereocenters. The van der Waals surface area contributed by atoms with Gasteiger partial charge in [0.25, 0.3) is 5.56 Å². The lowest BCUT2D eigenvalue weighted by Gasteiger charge is -2.27. The summed E-state index contributed by atoms with van der Waals surface area (Å²) in [7, 11) is 0. The van der Waals surface area contributed by atoms with Crippen molar-refractivity contribution in [1.82, 2.24) is 9.78 Å². The number of rotatable bonds is 6. The Balaban J connectivity index is 3.06. The monoisotopic (exact) mass is 333 g/mol. The fraction of sp³-hybridized carbons (Fsp3) is 0.667. The minimum absolute atomic E-state index is 0.239. The molecule has 1 heterocycles. The van der Waals surface area contributed by atoms with Crippen LogP contribution in [0.5, 0.6) is 0 Å². The zero-order chi connectivity index (χ0) is 14.6. The molecule has 6 nitrogen and oxygen atoms in total. The van der Waals surface area contributed by atoms with Crippen LogP contribution < -0.4 is 10.9 Å². The molecular weight excluding hydrogens is 314 g/mol. The van der Waals surface area contributed by atoms with Gasteiger partial charge >= 0.3 is 0 Å². The number of aliphatic hydroxyl groups excluding tert-OH is 2. The van der Waals surface area contributed by atoms with Gasteiger partial charge in [-0.25, -0.2) is 4.68 Å². The summed E-state index contributed by atoms with van der Waals surface area (Å²) in [6, 6.07) is 0. The van der Waals surface area contributed by atoms with Crippen molar-refractivity contribution >= 4 is 21.6 Å². The first-order chi connectivity index (χ1) is 8.83. The zero-order valence-electron chi connectivity index (χ0n) is 11.4. The van der Waals surface area contributed by atoms with Gasteiger partial charge in [0.2, 0.25) is 0 Å². The Kier molecular flexibility index (Phi) is 5.51. The average Bonchev–Trinajstić information content (AvgIpc) is 2.38. The van der Waals surface area contributed by atoms with Crippen molar-refractivity contribution in [3.63, 3.8) is 0 Å². The molecule has 108 valence electrons. The van der Waals surface area contributed by atoms with Crippen molar-refractivity contribution < 1.29 is 10.2 Å². The molecule has 1 aromatic heterocycles. The molecule has 19 heavy (non-hydrogen) atoms. The summed E-state index contributed by atoms with van der Waals surface area (Å²) in [6.45, 7) is 5.68. The van der Waals surface area contributed by atoms with Gasteiger partial charge in [-0.2, -0.15) is 5.10 Å². The smallest absolute Gasteiger partial charge is 0.283 e. The van der Waals surface area contributed by atoms with Crippen LogP contribution in [0.3, 0.4) is 0 Å². The number of aliphatic hydroxyl groups is 2. The van der Waals surface area contributed by atoms with E-state index in [2.05, 4.69) is 26.3 Å². The van der Waals surface area contributed by atoms with E-state index in [1.165, 1.54) is 10.9 Å². The second-order valence-corrected chi connectivity index (χ2v) is 6.05. The summed E-state index contributed by atoms with van der Waals surface area (Å²) in [6.07, 6.45) is 1.51. The van der Waals surface area contributed by atoms with Crippen LogP contribution in [-0.4, -0.2) is 38.7 Å². The first kappa shape index (κ1) is 16.1. The highest BCUT2D eigenvalue weighted by molar-refractivity contribution is 9.10. The van der Waals surface area contributed by atoms with Crippen LogP contribution in [0.15, 0.2) is 15.5 Å². The minimum Gasteiger partial charge on any atom is -0.394 e. The van der Waals surface area contributed by atoms with Gasteiger partial charge in [-0.05, 0) is 28.8 Å². The summed E-state index contributed by atoms with van der Waals surface area (Å²) in [5.41, 5.74) is -0.687. The number of anilines is 1. The summed E-state index contributed by atoms with van der Waals surface area (Å²) in [5, 5.41) is 25.5. The molecule has 0 aliphatic heterocycles. The Bertz CT molecular complexity index is 484. The predicted octanol–water partition coefficient (Wildman–Crippen LogP) is 0.817. The average molecular weight is 334 g/mol. The zero-order valence-corrected chi connectivity index (χ0v) is 12.9. The van der Waals surface area contributed by atoms with E-state index in [-0.39, 0.29) is 18.8 Å². The second-order valence-electron chi connectivity index (χ2n) is 5.26. The molecule has 0 saturated carbocycles. The van der Waals surface area contributed by atoms with Gasteiger partial charge in [-0.1, -0.05) is 13.8 Å². The largest absolute Gasteiger partial charge is 0.394 e. The molecule has 0 fully saturated rings. The van der Waals surface area contributed by atoms with Crippen molar-refractivity contribution in [2.75, 3.05) is 18.5 Å². The molecule has 0 aromatic carbocycles. The third kappa shape index (κ3) is 4.02. The van der Waals surface area contributed by atoms with Crippen molar-refractivity contribution in [1.29, 1.82) is 0 Å². The molecule has 0 bridgehead atoms. The Morgan fingerprint density at radius 1 is 1.47 bits per heavy atom. The van der Waals surface area contributed by atoms with Crippen molar-refractivity contribution in [3.8, 4) is 0 Å². The third-order valence-corrected chi connectivity index (χ3v) is 3.42. The highest BCUT2D eigenvalue weighted by Gasteiger charge is 2.24. The molecule has 0 radical (unpaired) electrons. The lowest BCUT2D eigenvalue weighted by Crippen LogP contribution is -2.43. The van der Waals surface area contributed by atoms with Gasteiger partial charge in [0.1, 0.15) is 4.47 Å². The van der Waals surface area contributed by atoms with Crippen LogP contribution in [0.1, 0.15) is 20.8 Å². The number of hydrogen-bond acceptors (Lipinski definition) is 5. The molecule has 7 heteroatoms. The maximum Gasteiger partial charge on any atom is 0.283 e. The fourth-order valence-corrected chi connectivity index (χ4v) is 1.89. The highest BCUT2D eigenvalue weighted by Crippen LogP contribution is 2.20. The number of nitrogens with one attached hydrogen (secondary N) is 1. The molecule has 1 rings (SSSR count). The maximum atomic E-state index is 12.1. The number of nitrogens with zero attached hydrogens (tertiary/aromatic N) is 2. The summed E-state index contributed by atoms with van der Waals surface area (Å²) < 4.78 is 1.73. The summed E-state index contributed by atoms with van der Waals surface area (Å²) >= 11 is 3.23. The van der Waals surface area contributed by atoms with Gasteiger partial charge in [-0.15, -0.1) is 0 Å². The number of aromatic nitrogens is 2. The molecule has 0 aliphatic rings. The molecule has 1 aromatic rings. The van der Waals surface area contributed by atoms with Gasteiger partial charge in [-0.3, -0.25) is 4.79 Å². The van der Waals surface area contributed by atoms with Crippen molar-refractivity contribution in [2.24, 2.45) is 5.92 Å². The lowest BCUT2D eigenvalue weighted by atomic mass is 10.1. The molecule has 0 atom stereocenters. The quantitative estimate of drug-likeness (QED) is 0.717. The normalized spacial score (nSPS) is 11.9. The number of halogens is 1. The Hall–Kier alpha value is -0.920. The van der Waals surface area contributed by atoms with Crippen molar-refractivity contribution in [2.45, 2.75) is 32.9 Å². The molecule has 0 saturated heterocycles. The van der Waals surface area contributed by atoms with Crippen LogP contribution in [-0.2, 0) is 6.54 Å². The summed E-state index contributed by atoms with van der Waals surface area (Å²) in [5.74, 6) is 0.316. The van der Waals surface area contributed by atoms with Gasteiger partial charge in [0.05, 0.1) is 30.6 Å². The molecule has 0 aliphatic carbocycles. The first-order valence-electron chi connectivity index (χ1n) is 6.08. The van der Waals surface area contributed by atoms with E-state index in [0.29, 0.717) is 22.6 Å². The van der Waals surface area contributed by atoms with Gasteiger partial charge < -0.3 is 15.5 Å². The predicted molar refractivity (Wildman–Crippen MR) is 77.2 cm³/mol. The Labute approximate surface area is 120 Å². The van der Waals surface area contributed by atoms with E-state index in [1.807, 2.05) is 13.8 Å². The van der Waals surface area contributed by atoms with Crippen LogP contribution in [0.4, 0.5) is 5.69 Å². The van der Waals surface area contributed by atoms with E-state index in [0.717, 1.165) is 0 Å². The van der Waals surface area contributed by atoms with Crippen LogP contribution in [0.25, 0.3) is 0 Å². The Morgan fingerprint density at radius 3 is 2.53 bits per heavy atom. The molecule has 0 amide bonds. The van der Waals surface area contributed by atoms with Gasteiger partial charge in [0, 0.05) is 6.54 Å². The van der Waals surface area contributed by atoms with E-state index in [1.54, 1.807) is 6.92 Å². The fourth-order valence-electron chi connectivity index (χ4n) is 1.48. The van der Waals surface area contributed by atoms with Crippen LogP contribution in [0, 0.1) is 5.92 Å². The first-order valence-corrected chi connectivity index (χ1v) is 6.88. The van der Waals surface area contributed by atoms with Crippen LogP contribution >= 0.6 is 15.9 Å². The SMILES string of the molecule is CC(C)Cn1ncc(NC(C)(CO)CO)c(Br)c1=O. The van der Waals surface area contributed by atoms with E-state index >= 15 is 0 Å². The molecular formula is C12H20BrN3O3. The van der Waals surface area contributed by atoms with Crippen molar-refractivity contribution in [3.05, 3.63) is 21.0 Å². The minimum atomic E-state index is -0.902. The second kappa shape index (κ2) is 6.49. The number of hydrogen-bond donors (Lipinski definition) is 3. The maximum absolute atomic E-state index is 12.1. The van der Waals surface area contributed by atoms with E-state index in [4.69, 9.17) is 0 Å². The van der Waals surface area contributed by atoms with E-state index < -0.39 is 5.54 Å². The van der Waals surface area contributed by atoms with Crippen LogP contribution in [0.2, 0.25) is 0 Å². The summed E-state index contributed by atoms with van der Waals surface area (Å²) in [4.78, 5) is 12.1. The molecule has 0 spiro atoms. The standard InChI is InChI=1S/C12H20BrN3O3/c1-8(2)5-16-11(19)10(13)9(4-14-16)15-12(3,6-17)7-18/h4,8,15,17-18H,5-7H2,1-3H3. The Morgan fingerprint density at radius 2 is 2.05 bits per heavy atom. The van der Waals surface area contributed by atoms with E-state index in [9.17, 15) is 15.0 Å².